The average molecular weight is 346 g/mol. The van der Waals surface area contributed by atoms with Crippen LogP contribution < -0.4 is 5.32 Å². The summed E-state index contributed by atoms with van der Waals surface area (Å²) in [5, 5.41) is 22.6. The number of carboxylic acids is 1. The summed E-state index contributed by atoms with van der Waals surface area (Å²) < 4.78 is 0. The monoisotopic (exact) mass is 346 g/mol. The number of rotatable bonds is 6. The van der Waals surface area contributed by atoms with Crippen LogP contribution in [-0.4, -0.2) is 21.9 Å². The summed E-state index contributed by atoms with van der Waals surface area (Å²) in [4.78, 5) is 34.1. The number of aryl methyl sites for hydroxylation is 1. The van der Waals surface area contributed by atoms with Gasteiger partial charge in [0.05, 0.1) is 10.5 Å². The van der Waals surface area contributed by atoms with Gasteiger partial charge in [0.25, 0.3) is 5.69 Å². The summed E-state index contributed by atoms with van der Waals surface area (Å²) in [6.07, 6.45) is 3.42. The maximum Gasteiger partial charge on any atom is 0.338 e. The fourth-order valence-corrected chi connectivity index (χ4v) is 2.89. The first kappa shape index (κ1) is 17.4. The highest BCUT2D eigenvalue weighted by Gasteiger charge is 2.15. The van der Waals surface area contributed by atoms with Gasteiger partial charge in [-0.1, -0.05) is 6.92 Å². The van der Waals surface area contributed by atoms with Gasteiger partial charge in [-0.3, -0.25) is 14.9 Å². The molecule has 0 aliphatic heterocycles. The van der Waals surface area contributed by atoms with E-state index in [0.29, 0.717) is 12.0 Å². The van der Waals surface area contributed by atoms with Crippen LogP contribution in [0.1, 0.15) is 27.7 Å². The Morgan fingerprint density at radius 1 is 1.33 bits per heavy atom. The number of carbonyl (C=O) groups excluding carboxylic acids is 1. The van der Waals surface area contributed by atoms with E-state index in [1.807, 2.05) is 6.92 Å². The number of hydrogen-bond donors (Lipinski definition) is 2. The molecule has 2 aromatic rings. The number of carbonyl (C=O) groups is 2. The van der Waals surface area contributed by atoms with Crippen LogP contribution in [0.4, 0.5) is 10.7 Å². The second kappa shape index (κ2) is 7.51. The number of anilines is 1. The lowest BCUT2D eigenvalue weighted by Crippen LogP contribution is -2.09. The van der Waals surface area contributed by atoms with Crippen molar-refractivity contribution in [3.05, 3.63) is 62.5 Å². The Morgan fingerprint density at radius 3 is 2.54 bits per heavy atom. The average Bonchev–Trinajstić information content (AvgIpc) is 2.96. The van der Waals surface area contributed by atoms with Gasteiger partial charge in [-0.25, -0.2) is 4.79 Å². The Balaban J connectivity index is 2.09. The van der Waals surface area contributed by atoms with E-state index in [4.69, 9.17) is 5.11 Å². The maximum absolute atomic E-state index is 11.9. The molecular formula is C16H14N2O5S. The van der Waals surface area contributed by atoms with E-state index in [1.165, 1.54) is 47.8 Å². The molecule has 0 spiro atoms. The lowest BCUT2D eigenvalue weighted by Gasteiger charge is -2.00. The number of non-ortho nitro benzene ring substituents is 1. The zero-order chi connectivity index (χ0) is 17.7. The predicted molar refractivity (Wildman–Crippen MR) is 91.4 cm³/mol. The lowest BCUT2D eigenvalue weighted by molar-refractivity contribution is -0.384. The van der Waals surface area contributed by atoms with Crippen molar-refractivity contribution in [1.29, 1.82) is 0 Å². The molecule has 2 N–H and O–H groups in total. The van der Waals surface area contributed by atoms with Crippen molar-refractivity contribution in [2.75, 3.05) is 5.32 Å². The Bertz CT molecular complexity index is 808. The van der Waals surface area contributed by atoms with Gasteiger partial charge >= 0.3 is 5.97 Å². The molecule has 0 atom stereocenters. The molecule has 1 aromatic heterocycles. The molecule has 124 valence electrons. The van der Waals surface area contributed by atoms with Crippen molar-refractivity contribution in [2.24, 2.45) is 0 Å². The number of thiophene rings is 1. The van der Waals surface area contributed by atoms with E-state index in [2.05, 4.69) is 5.32 Å². The third kappa shape index (κ3) is 4.26. The van der Waals surface area contributed by atoms with Crippen LogP contribution in [0.25, 0.3) is 6.08 Å². The van der Waals surface area contributed by atoms with Gasteiger partial charge in [0, 0.05) is 23.1 Å². The van der Waals surface area contributed by atoms with Crippen LogP contribution in [0.2, 0.25) is 0 Å². The van der Waals surface area contributed by atoms with Gasteiger partial charge in [0.15, 0.2) is 0 Å². The number of nitrogens with one attached hydrogen (secondary N) is 1. The van der Waals surface area contributed by atoms with Crippen LogP contribution >= 0.6 is 11.3 Å². The van der Waals surface area contributed by atoms with Gasteiger partial charge in [0.2, 0.25) is 5.91 Å². The van der Waals surface area contributed by atoms with E-state index < -0.39 is 16.8 Å². The summed E-state index contributed by atoms with van der Waals surface area (Å²) in [5.41, 5.74) is 0.650. The highest BCUT2D eigenvalue weighted by molar-refractivity contribution is 7.16. The first-order valence-corrected chi connectivity index (χ1v) is 7.82. The third-order valence-electron chi connectivity index (χ3n) is 3.13. The number of nitro benzene ring substituents is 1. The zero-order valence-corrected chi connectivity index (χ0v) is 13.5. The molecule has 0 saturated heterocycles. The minimum atomic E-state index is -1.10. The molecular weight excluding hydrogens is 332 g/mol. The van der Waals surface area contributed by atoms with Crippen LogP contribution in [0.15, 0.2) is 36.4 Å². The Kier molecular flexibility index (Phi) is 5.43. The number of hydrogen-bond acceptors (Lipinski definition) is 5. The molecule has 0 saturated carbocycles. The molecule has 8 heteroatoms. The Labute approximate surface area is 141 Å². The molecule has 0 unspecified atom stereocenters. The van der Waals surface area contributed by atoms with Crippen molar-refractivity contribution in [2.45, 2.75) is 13.3 Å². The second-order valence-electron chi connectivity index (χ2n) is 4.79. The highest BCUT2D eigenvalue weighted by atomic mass is 32.1. The third-order valence-corrected chi connectivity index (χ3v) is 4.32. The zero-order valence-electron chi connectivity index (χ0n) is 12.7. The molecule has 1 amide bonds. The van der Waals surface area contributed by atoms with E-state index in [0.717, 1.165) is 4.88 Å². The SMILES string of the molecule is CCc1cc(C(=O)O)c(NC(=O)/C=C/c2ccc([N+](=O)[O-])cc2)s1. The number of nitrogens with zero attached hydrogens (tertiary/aromatic N) is 1. The molecule has 0 aliphatic carbocycles. The van der Waals surface area contributed by atoms with Gasteiger partial charge in [-0.15, -0.1) is 11.3 Å². The summed E-state index contributed by atoms with van der Waals surface area (Å²) in [6.45, 7) is 1.90. The van der Waals surface area contributed by atoms with Crippen molar-refractivity contribution in [3.63, 3.8) is 0 Å². The van der Waals surface area contributed by atoms with Gasteiger partial charge in [0.1, 0.15) is 5.00 Å². The lowest BCUT2D eigenvalue weighted by atomic mass is 10.2. The first-order valence-electron chi connectivity index (χ1n) is 7.00. The molecule has 1 heterocycles. The smallest absolute Gasteiger partial charge is 0.338 e. The molecule has 0 fully saturated rings. The number of carboxylic acid groups (broad SMARTS) is 1. The number of aromatic carboxylic acids is 1. The molecule has 0 aliphatic rings. The standard InChI is InChI=1S/C16H14N2O5S/c1-2-12-9-13(16(20)21)15(24-12)17-14(19)8-5-10-3-6-11(7-4-10)18(22)23/h3-9H,2H2,1H3,(H,17,19)(H,20,21)/b8-5+. The molecule has 1 aromatic carbocycles. The summed E-state index contributed by atoms with van der Waals surface area (Å²) in [5.74, 6) is -1.57. The predicted octanol–water partition coefficient (Wildman–Crippen LogP) is 3.57. The Hall–Kier alpha value is -3.00. The minimum Gasteiger partial charge on any atom is -0.478 e. The maximum atomic E-state index is 11.9. The number of benzene rings is 1. The molecule has 7 nitrogen and oxygen atoms in total. The van der Waals surface area contributed by atoms with E-state index >= 15 is 0 Å². The molecule has 24 heavy (non-hydrogen) atoms. The molecule has 0 bridgehead atoms. The topological polar surface area (TPSA) is 110 Å². The van der Waals surface area contributed by atoms with Gasteiger partial charge in [-0.05, 0) is 36.3 Å². The summed E-state index contributed by atoms with van der Waals surface area (Å²) in [7, 11) is 0. The first-order chi connectivity index (χ1) is 11.4. The normalized spacial score (nSPS) is 10.7. The number of nitro groups is 1. The minimum absolute atomic E-state index is 0.0339. The molecule has 0 radical (unpaired) electrons. The van der Waals surface area contributed by atoms with E-state index in [-0.39, 0.29) is 16.3 Å². The van der Waals surface area contributed by atoms with Crippen LogP contribution in [0.5, 0.6) is 0 Å². The second-order valence-corrected chi connectivity index (χ2v) is 5.92. The largest absolute Gasteiger partial charge is 0.478 e. The number of amides is 1. The van der Waals surface area contributed by atoms with Crippen molar-refractivity contribution < 1.29 is 19.6 Å². The van der Waals surface area contributed by atoms with Crippen LogP contribution in [0.3, 0.4) is 0 Å². The fourth-order valence-electron chi connectivity index (χ4n) is 1.90. The summed E-state index contributed by atoms with van der Waals surface area (Å²) in [6, 6.07) is 7.26. The van der Waals surface area contributed by atoms with Crippen LogP contribution in [0, 0.1) is 10.1 Å². The van der Waals surface area contributed by atoms with Crippen molar-refractivity contribution >= 4 is 40.0 Å². The van der Waals surface area contributed by atoms with Gasteiger partial charge < -0.3 is 10.4 Å². The van der Waals surface area contributed by atoms with Crippen molar-refractivity contribution in [3.8, 4) is 0 Å². The quantitative estimate of drug-likeness (QED) is 0.472. The Morgan fingerprint density at radius 2 is 2.00 bits per heavy atom. The van der Waals surface area contributed by atoms with Crippen molar-refractivity contribution in [1.82, 2.24) is 0 Å². The van der Waals surface area contributed by atoms with E-state index in [1.54, 1.807) is 6.07 Å². The van der Waals surface area contributed by atoms with E-state index in [9.17, 15) is 19.7 Å². The highest BCUT2D eigenvalue weighted by Crippen LogP contribution is 2.28. The van der Waals surface area contributed by atoms with Crippen LogP contribution in [-0.2, 0) is 11.2 Å². The summed E-state index contributed by atoms with van der Waals surface area (Å²) >= 11 is 1.22. The molecule has 2 rings (SSSR count). The van der Waals surface area contributed by atoms with Gasteiger partial charge in [-0.2, -0.15) is 0 Å². The fraction of sp³-hybridized carbons (Fsp3) is 0.125.